The number of Topliss-reactive ketones (excluding diaryl/α,β-unsaturated/α-hetero) is 1. The quantitative estimate of drug-likeness (QED) is 0.148. The van der Waals surface area contributed by atoms with Crippen molar-refractivity contribution in [3.8, 4) is 0 Å². The van der Waals surface area contributed by atoms with E-state index in [0.717, 1.165) is 0 Å². The van der Waals surface area contributed by atoms with Gasteiger partial charge in [-0.1, -0.05) is 34.6 Å². The third-order valence-electron chi connectivity index (χ3n) is 13.9. The predicted octanol–water partition coefficient (Wildman–Crippen LogP) is 0.495. The van der Waals surface area contributed by atoms with Crippen LogP contribution in [0.5, 0.6) is 0 Å². The number of methoxy groups -OCH3 is 1. The molecule has 0 bridgehead atoms. The molecule has 0 spiro atoms. The Balaban J connectivity index is 1.86. The molecular weight excluding hydrogens is 802 g/mol. The molecule has 0 aliphatic carbocycles. The minimum absolute atomic E-state index is 0.0644. The molecule has 0 aromatic rings. The molecule has 0 unspecified atom stereocenters. The summed E-state index contributed by atoms with van der Waals surface area (Å²) < 4.78 is 50.3. The molecule has 4 saturated heterocycles. The van der Waals surface area contributed by atoms with Gasteiger partial charge in [0.1, 0.15) is 48.5 Å². The summed E-state index contributed by atoms with van der Waals surface area (Å²) in [5.41, 5.74) is -2.97. The van der Waals surface area contributed by atoms with Gasteiger partial charge in [-0.2, -0.15) is 0 Å². The molecule has 7 N–H and O–H groups in total. The van der Waals surface area contributed by atoms with Crippen LogP contribution in [-0.2, 0) is 47.5 Å². The molecule has 4 aliphatic heterocycles. The van der Waals surface area contributed by atoms with Crippen LogP contribution in [-0.4, -0.2) is 190 Å². The van der Waals surface area contributed by atoms with E-state index in [9.17, 15) is 45.3 Å². The van der Waals surface area contributed by atoms with Gasteiger partial charge < -0.3 is 78.5 Å². The molecule has 0 amide bonds. The Morgan fingerprint density at radius 1 is 0.754 bits per heavy atom. The summed E-state index contributed by atoms with van der Waals surface area (Å²) in [4.78, 5) is 30.2. The highest BCUT2D eigenvalue weighted by atomic mass is 16.8. The van der Waals surface area contributed by atoms with Crippen molar-refractivity contribution < 1.29 is 83.2 Å². The van der Waals surface area contributed by atoms with Gasteiger partial charge in [-0.3, -0.25) is 9.59 Å². The second-order valence-corrected chi connectivity index (χ2v) is 19.0. The van der Waals surface area contributed by atoms with Gasteiger partial charge in [0.2, 0.25) is 0 Å². The minimum atomic E-state index is -1.88. The number of carbonyl (C=O) groups excluding carboxylic acids is 2. The van der Waals surface area contributed by atoms with Gasteiger partial charge in [0.15, 0.2) is 18.9 Å². The maximum absolute atomic E-state index is 14.3. The number of aliphatic hydroxyl groups excluding tert-OH is 6. The van der Waals surface area contributed by atoms with Crippen molar-refractivity contribution >= 4 is 11.8 Å². The summed E-state index contributed by atoms with van der Waals surface area (Å²) in [7, 11) is 5.09. The number of aliphatic hydroxyl groups is 7. The van der Waals surface area contributed by atoms with Crippen molar-refractivity contribution in [2.24, 2.45) is 29.6 Å². The largest absolute Gasteiger partial charge is 0.462 e. The first-order chi connectivity index (χ1) is 28.3. The summed E-state index contributed by atoms with van der Waals surface area (Å²) in [6, 6.07) is -0.480. The first-order valence-corrected chi connectivity index (χ1v) is 22.0. The molecule has 0 saturated carbocycles. The standard InChI is InChI=1S/C43H77NO17/c1-14-27-21(4)31(47)22(5)30(46)19(2)16-42(9,53)38(23(6)35(24(7)39(52)57-27)59-29-17-43(10,54-13)37(51)25(8)56-29)61-41-36(26(44(11)12)15-20(3)55-41)60-40-34(50)33(49)32(48)28(18-45)58-40/h19-29,31-38,40-41,45,47-51,53H,14-18H2,1-13H3/t19-,20-,21+,22+,23+,24-,25+,26+,27-,28-,29+,31+,32-,33+,34-,35+,36-,37+,38-,40+,41+,42+,43-/m1/s1. The van der Waals surface area contributed by atoms with Crippen molar-refractivity contribution in [2.45, 2.75) is 204 Å². The van der Waals surface area contributed by atoms with E-state index in [2.05, 4.69) is 0 Å². The van der Waals surface area contributed by atoms with E-state index in [1.807, 2.05) is 32.8 Å². The highest BCUT2D eigenvalue weighted by molar-refractivity contribution is 5.83. The number of likely N-dealkylation sites (N-methyl/N-ethyl adjacent to an activating group) is 1. The van der Waals surface area contributed by atoms with Gasteiger partial charge >= 0.3 is 5.97 Å². The predicted molar refractivity (Wildman–Crippen MR) is 217 cm³/mol. The van der Waals surface area contributed by atoms with Gasteiger partial charge in [0.05, 0.1) is 54.2 Å². The molecule has 4 fully saturated rings. The van der Waals surface area contributed by atoms with Crippen molar-refractivity contribution in [3.05, 3.63) is 0 Å². The Morgan fingerprint density at radius 2 is 1.39 bits per heavy atom. The highest BCUT2D eigenvalue weighted by Gasteiger charge is 2.54. The van der Waals surface area contributed by atoms with Gasteiger partial charge in [0, 0.05) is 43.2 Å². The van der Waals surface area contributed by atoms with Gasteiger partial charge in [-0.05, 0) is 68.0 Å². The number of hydrogen-bond acceptors (Lipinski definition) is 18. The summed E-state index contributed by atoms with van der Waals surface area (Å²) in [6.07, 6.45) is -17.3. The van der Waals surface area contributed by atoms with Crippen LogP contribution >= 0.6 is 0 Å². The average molecular weight is 880 g/mol. The molecule has 0 radical (unpaired) electrons. The zero-order valence-electron chi connectivity index (χ0n) is 38.3. The van der Waals surface area contributed by atoms with E-state index in [4.69, 9.17) is 37.9 Å². The van der Waals surface area contributed by atoms with E-state index in [0.29, 0.717) is 12.8 Å². The summed E-state index contributed by atoms with van der Waals surface area (Å²) >= 11 is 0. The summed E-state index contributed by atoms with van der Waals surface area (Å²) in [6.45, 7) is 16.3. The smallest absolute Gasteiger partial charge is 0.311 e. The minimum Gasteiger partial charge on any atom is -0.462 e. The molecule has 4 rings (SSSR count). The molecular formula is C43H77NO17. The lowest BCUT2D eigenvalue weighted by atomic mass is 9.74. The van der Waals surface area contributed by atoms with Crippen LogP contribution in [0.3, 0.4) is 0 Å². The molecule has 18 heteroatoms. The normalized spacial score (nSPS) is 50.0. The number of hydrogen-bond donors (Lipinski definition) is 7. The van der Waals surface area contributed by atoms with Crippen LogP contribution in [0.25, 0.3) is 0 Å². The van der Waals surface area contributed by atoms with Crippen LogP contribution in [0, 0.1) is 29.6 Å². The maximum atomic E-state index is 14.3. The molecule has 0 aromatic carbocycles. The average Bonchev–Trinajstić information content (AvgIpc) is 3.21. The van der Waals surface area contributed by atoms with E-state index < -0.39 is 152 Å². The Kier molecular flexibility index (Phi) is 18.2. The summed E-state index contributed by atoms with van der Waals surface area (Å²) in [5.74, 6) is -5.25. The fourth-order valence-electron chi connectivity index (χ4n) is 9.82. The number of nitrogens with zero attached hydrogens (tertiary/aromatic N) is 1. The van der Waals surface area contributed by atoms with E-state index in [-0.39, 0.29) is 18.6 Å². The number of ketones is 1. The van der Waals surface area contributed by atoms with Crippen LogP contribution in [0.15, 0.2) is 0 Å². The molecule has 18 nitrogen and oxygen atoms in total. The molecule has 4 aliphatic rings. The van der Waals surface area contributed by atoms with Crippen LogP contribution < -0.4 is 0 Å². The fourth-order valence-corrected chi connectivity index (χ4v) is 9.82. The first kappa shape index (κ1) is 52.2. The van der Waals surface area contributed by atoms with Crippen molar-refractivity contribution in [3.63, 3.8) is 0 Å². The third-order valence-corrected chi connectivity index (χ3v) is 13.9. The van der Waals surface area contributed by atoms with E-state index in [1.54, 1.807) is 48.5 Å². The zero-order chi connectivity index (χ0) is 46.0. The Morgan fingerprint density at radius 3 is 1.97 bits per heavy atom. The lowest BCUT2D eigenvalue weighted by Crippen LogP contribution is -2.64. The number of cyclic esters (lactones) is 1. The Bertz CT molecular complexity index is 1420. The number of esters is 1. The van der Waals surface area contributed by atoms with Crippen molar-refractivity contribution in [2.75, 3.05) is 27.8 Å². The maximum Gasteiger partial charge on any atom is 0.311 e. The highest BCUT2D eigenvalue weighted by Crippen LogP contribution is 2.41. The molecule has 4 heterocycles. The zero-order valence-corrected chi connectivity index (χ0v) is 38.3. The van der Waals surface area contributed by atoms with Crippen LogP contribution in [0.2, 0.25) is 0 Å². The first-order valence-electron chi connectivity index (χ1n) is 22.0. The topological polar surface area (TPSA) is 253 Å². The second-order valence-electron chi connectivity index (χ2n) is 19.0. The number of carbonyl (C=O) groups is 2. The van der Waals surface area contributed by atoms with E-state index >= 15 is 0 Å². The van der Waals surface area contributed by atoms with Gasteiger partial charge in [-0.25, -0.2) is 0 Å². The lowest BCUT2D eigenvalue weighted by Gasteiger charge is -2.50. The SMILES string of the molecule is CC[C@H]1OC(=O)[C@H](C)[C@@H](O[C@H]2C[C@@](C)(OC)[C@@H](O)[C@H](C)O2)[C@H](C)[C@@H](O[C@@H]2O[C@H](C)C[C@H](N(C)C)[C@H]2O[C@@H]2O[C@H](CO)[C@@H](O)[C@H](O)[C@H]2O)[C@@](C)(O)C[C@@H](C)C(=O)[C@H](C)[C@@H](O)[C@H]1C. The molecule has 0 aromatic heterocycles. The monoisotopic (exact) mass is 880 g/mol. The second kappa shape index (κ2) is 21.2. The Labute approximate surface area is 361 Å². The van der Waals surface area contributed by atoms with Crippen LogP contribution in [0.1, 0.15) is 94.9 Å². The fraction of sp³-hybridized carbons (Fsp3) is 0.953. The molecule has 356 valence electrons. The molecule has 61 heavy (non-hydrogen) atoms. The van der Waals surface area contributed by atoms with E-state index in [1.165, 1.54) is 14.0 Å². The lowest BCUT2D eigenvalue weighted by molar-refractivity contribution is -0.362. The van der Waals surface area contributed by atoms with Crippen molar-refractivity contribution in [1.29, 1.82) is 0 Å². The van der Waals surface area contributed by atoms with Gasteiger partial charge in [0.25, 0.3) is 0 Å². The number of ether oxygens (including phenoxy) is 8. The summed E-state index contributed by atoms with van der Waals surface area (Å²) in [5, 5.41) is 77.3. The third kappa shape index (κ3) is 11.5. The molecule has 23 atom stereocenters. The van der Waals surface area contributed by atoms with Crippen molar-refractivity contribution in [1.82, 2.24) is 4.90 Å². The number of rotatable bonds is 10. The Hall–Kier alpha value is -1.46. The van der Waals surface area contributed by atoms with Gasteiger partial charge in [-0.15, -0.1) is 0 Å². The van der Waals surface area contributed by atoms with Crippen LogP contribution in [0.4, 0.5) is 0 Å².